The van der Waals surface area contributed by atoms with Crippen molar-refractivity contribution < 1.29 is 0 Å². The summed E-state index contributed by atoms with van der Waals surface area (Å²) in [6.07, 6.45) is 0. The third-order valence-electron chi connectivity index (χ3n) is 2.14. The zero-order chi connectivity index (χ0) is 8.77. The molecule has 64 valence electrons. The summed E-state index contributed by atoms with van der Waals surface area (Å²) < 4.78 is -0.349. The van der Waals surface area contributed by atoms with E-state index in [0.717, 1.165) is 0 Å². The average molecular weight is 165 g/mol. The number of rotatable bonds is 1. The smallest absolute Gasteiger partial charge is 0.179 e. The van der Waals surface area contributed by atoms with E-state index in [4.69, 9.17) is 11.5 Å². The fourth-order valence-electron chi connectivity index (χ4n) is 1.36. The van der Waals surface area contributed by atoms with Crippen molar-refractivity contribution in [3.8, 4) is 0 Å². The third kappa shape index (κ3) is 0.929. The molecule has 0 saturated carbocycles. The summed E-state index contributed by atoms with van der Waals surface area (Å²) in [5.41, 5.74) is 12.8. The number of nitrogens with two attached hydrogens (primary N) is 2. The van der Waals surface area contributed by atoms with Gasteiger partial charge in [-0.15, -0.1) is 0 Å². The summed E-state index contributed by atoms with van der Waals surface area (Å²) >= 11 is 0. The van der Waals surface area contributed by atoms with Crippen LogP contribution in [0.1, 0.15) is 0 Å². The van der Waals surface area contributed by atoms with Gasteiger partial charge in [0.15, 0.2) is 5.69 Å². The van der Waals surface area contributed by atoms with Crippen molar-refractivity contribution in [2.24, 2.45) is 0 Å². The second-order valence-electron chi connectivity index (χ2n) is 3.12. The van der Waals surface area contributed by atoms with Gasteiger partial charge in [-0.25, -0.2) is 0 Å². The SMILES string of the molecule is Nc1cccc(N)c1[N+]1([O-])CC1. The highest BCUT2D eigenvalue weighted by Crippen LogP contribution is 2.40. The van der Waals surface area contributed by atoms with Crippen LogP contribution in [0.5, 0.6) is 0 Å². The molecule has 12 heavy (non-hydrogen) atoms. The number of nitrogens with zero attached hydrogens (tertiary/aromatic N) is 1. The predicted octanol–water partition coefficient (Wildman–Crippen LogP) is 0.670. The molecule has 0 unspecified atom stereocenters. The van der Waals surface area contributed by atoms with Gasteiger partial charge in [0.05, 0.1) is 11.4 Å². The molecular formula is C8H11N3O. The molecule has 1 fully saturated rings. The van der Waals surface area contributed by atoms with Gasteiger partial charge < -0.3 is 21.3 Å². The van der Waals surface area contributed by atoms with E-state index in [0.29, 0.717) is 30.2 Å². The van der Waals surface area contributed by atoms with Crippen LogP contribution >= 0.6 is 0 Å². The van der Waals surface area contributed by atoms with Crippen LogP contribution in [-0.4, -0.2) is 13.1 Å². The summed E-state index contributed by atoms with van der Waals surface area (Å²) in [5, 5.41) is 11.6. The van der Waals surface area contributed by atoms with Gasteiger partial charge >= 0.3 is 0 Å². The molecule has 0 radical (unpaired) electrons. The largest absolute Gasteiger partial charge is 0.627 e. The van der Waals surface area contributed by atoms with E-state index in [1.165, 1.54) is 0 Å². The van der Waals surface area contributed by atoms with Gasteiger partial charge in [-0.1, -0.05) is 6.07 Å². The van der Waals surface area contributed by atoms with Crippen LogP contribution in [-0.2, 0) is 0 Å². The van der Waals surface area contributed by atoms with Gasteiger partial charge in [0, 0.05) is 0 Å². The van der Waals surface area contributed by atoms with Crippen molar-refractivity contribution in [3.05, 3.63) is 23.4 Å². The van der Waals surface area contributed by atoms with Crippen LogP contribution in [0.3, 0.4) is 0 Å². The highest BCUT2D eigenvalue weighted by atomic mass is 16.6. The molecule has 0 amide bonds. The van der Waals surface area contributed by atoms with Gasteiger partial charge in [-0.2, -0.15) is 0 Å². The lowest BCUT2D eigenvalue weighted by Crippen LogP contribution is -2.19. The minimum absolute atomic E-state index is 0.349. The average Bonchev–Trinajstić information content (AvgIpc) is 2.68. The molecule has 0 aliphatic carbocycles. The molecule has 4 nitrogen and oxygen atoms in total. The van der Waals surface area contributed by atoms with Crippen molar-refractivity contribution in [3.63, 3.8) is 0 Å². The molecule has 1 aliphatic rings. The van der Waals surface area contributed by atoms with Gasteiger partial charge in [-0.05, 0) is 12.1 Å². The van der Waals surface area contributed by atoms with Gasteiger partial charge in [0.2, 0.25) is 0 Å². The number of benzene rings is 1. The molecule has 0 bridgehead atoms. The highest BCUT2D eigenvalue weighted by molar-refractivity contribution is 5.80. The molecule has 1 aromatic carbocycles. The molecule has 0 atom stereocenters. The number of nitrogen functional groups attached to an aromatic ring is 2. The normalized spacial score (nSPS) is 19.1. The standard InChI is InChI=1S/C8H11N3O/c9-6-2-1-3-7(10)8(6)11(12)4-5-11/h1-3H,4-5,9-10H2. The predicted molar refractivity (Wildman–Crippen MR) is 50.2 cm³/mol. The lowest BCUT2D eigenvalue weighted by Gasteiger charge is -2.23. The third-order valence-corrected chi connectivity index (χ3v) is 2.14. The molecule has 1 heterocycles. The van der Waals surface area contributed by atoms with E-state index in [1.54, 1.807) is 18.2 Å². The van der Waals surface area contributed by atoms with Crippen LogP contribution < -0.4 is 16.1 Å². The minimum atomic E-state index is -0.349. The molecule has 0 aromatic heterocycles. The van der Waals surface area contributed by atoms with Gasteiger partial charge in [-0.3, -0.25) is 0 Å². The van der Waals surface area contributed by atoms with Crippen molar-refractivity contribution in [2.75, 3.05) is 24.6 Å². The Labute approximate surface area is 70.6 Å². The first-order chi connectivity index (χ1) is 5.63. The summed E-state index contributed by atoms with van der Waals surface area (Å²) in [4.78, 5) is 0. The lowest BCUT2D eigenvalue weighted by molar-refractivity contribution is 0.736. The lowest BCUT2D eigenvalue weighted by atomic mass is 10.2. The summed E-state index contributed by atoms with van der Waals surface area (Å²) in [6, 6.07) is 5.17. The van der Waals surface area contributed by atoms with Crippen molar-refractivity contribution in [2.45, 2.75) is 0 Å². The Morgan fingerprint density at radius 3 is 2.08 bits per heavy atom. The Morgan fingerprint density at radius 1 is 1.17 bits per heavy atom. The summed E-state index contributed by atoms with van der Waals surface area (Å²) in [7, 11) is 0. The fourth-order valence-corrected chi connectivity index (χ4v) is 1.36. The monoisotopic (exact) mass is 165 g/mol. The van der Waals surface area contributed by atoms with Gasteiger partial charge in [0.25, 0.3) is 0 Å². The fraction of sp³-hybridized carbons (Fsp3) is 0.250. The Bertz CT molecular complexity index is 300. The Kier molecular flexibility index (Phi) is 1.31. The van der Waals surface area contributed by atoms with Crippen LogP contribution in [0, 0.1) is 5.21 Å². The first-order valence-corrected chi connectivity index (χ1v) is 3.86. The van der Waals surface area contributed by atoms with E-state index in [1.807, 2.05) is 0 Å². The van der Waals surface area contributed by atoms with Crippen molar-refractivity contribution in [1.29, 1.82) is 0 Å². The molecular weight excluding hydrogens is 154 g/mol. The molecule has 1 saturated heterocycles. The maximum atomic E-state index is 11.6. The van der Waals surface area contributed by atoms with Crippen LogP contribution in [0.25, 0.3) is 0 Å². The van der Waals surface area contributed by atoms with E-state index in [2.05, 4.69) is 0 Å². The van der Waals surface area contributed by atoms with Crippen LogP contribution in [0.4, 0.5) is 17.1 Å². The van der Waals surface area contributed by atoms with Crippen molar-refractivity contribution >= 4 is 17.1 Å². The topological polar surface area (TPSA) is 75.1 Å². The minimum Gasteiger partial charge on any atom is -0.627 e. The maximum absolute atomic E-state index is 11.6. The highest BCUT2D eigenvalue weighted by Gasteiger charge is 2.38. The molecule has 4 N–H and O–H groups in total. The van der Waals surface area contributed by atoms with E-state index in [9.17, 15) is 5.21 Å². The quantitative estimate of drug-likeness (QED) is 0.278. The van der Waals surface area contributed by atoms with E-state index >= 15 is 0 Å². The number of hydrogen-bond donors (Lipinski definition) is 2. The molecule has 4 heteroatoms. The number of para-hydroxylation sites is 1. The summed E-state index contributed by atoms with van der Waals surface area (Å²) in [5.74, 6) is 0. The number of hydrogen-bond acceptors (Lipinski definition) is 3. The molecule has 0 spiro atoms. The molecule has 1 aromatic rings. The number of quaternary nitrogens is 1. The first-order valence-electron chi connectivity index (χ1n) is 3.86. The second kappa shape index (κ2) is 2.12. The van der Waals surface area contributed by atoms with E-state index in [-0.39, 0.29) is 4.65 Å². The Morgan fingerprint density at radius 2 is 1.67 bits per heavy atom. The second-order valence-corrected chi connectivity index (χ2v) is 3.12. The molecule has 1 aliphatic heterocycles. The van der Waals surface area contributed by atoms with Crippen molar-refractivity contribution in [1.82, 2.24) is 4.65 Å². The summed E-state index contributed by atoms with van der Waals surface area (Å²) in [6.45, 7) is 1.19. The van der Waals surface area contributed by atoms with Gasteiger partial charge in [0.1, 0.15) is 13.1 Å². The van der Waals surface area contributed by atoms with Crippen LogP contribution in [0.2, 0.25) is 0 Å². The maximum Gasteiger partial charge on any atom is 0.179 e. The Balaban J connectivity index is 2.55. The van der Waals surface area contributed by atoms with E-state index < -0.39 is 0 Å². The van der Waals surface area contributed by atoms with Crippen LogP contribution in [0.15, 0.2) is 18.2 Å². The first kappa shape index (κ1) is 7.39. The Hall–Kier alpha value is -1.26. The number of hydroxylamine groups is 2. The number of anilines is 2. The molecule has 2 rings (SSSR count). The zero-order valence-electron chi connectivity index (χ0n) is 6.66. The zero-order valence-corrected chi connectivity index (χ0v) is 6.66.